The standard InChI is InChI=1S/C49H72N4O20/c54-37-17-18-38(55)50(37)70-45(62)13-5-1-9-29-66-33-25-49(26-34-67-30-10-2-6-14-46(63)71-51-39(56)19-20-40(51)57,27-35-68-31-11-3-7-15-47(64)72-52-41(58)21-22-42(52)59)28-36-69-32-12-4-8-16-48(65)73-53-43(60)23-24-44(53)61/h1-36H2. The maximum absolute atomic E-state index is 12.2. The summed E-state index contributed by atoms with van der Waals surface area (Å²) in [4.78, 5) is 163. The molecule has 0 aromatic heterocycles. The van der Waals surface area contributed by atoms with E-state index in [0.717, 1.165) is 0 Å². The Hall–Kier alpha value is -5.72. The number of rotatable bonds is 40. The first-order valence-corrected chi connectivity index (χ1v) is 25.8. The fourth-order valence-corrected chi connectivity index (χ4v) is 8.14. The van der Waals surface area contributed by atoms with Crippen LogP contribution in [0.4, 0.5) is 0 Å². The minimum absolute atomic E-state index is 0.0198. The van der Waals surface area contributed by atoms with Crippen molar-refractivity contribution >= 4 is 71.1 Å². The van der Waals surface area contributed by atoms with Crippen LogP contribution in [0.15, 0.2) is 0 Å². The van der Waals surface area contributed by atoms with Crippen molar-refractivity contribution in [2.45, 2.75) is 180 Å². The molecule has 4 heterocycles. The van der Waals surface area contributed by atoms with Gasteiger partial charge in [0.25, 0.3) is 47.3 Å². The number of hydroxylamine groups is 8. The number of carbonyl (C=O) groups excluding carboxylic acids is 12. The van der Waals surface area contributed by atoms with Crippen molar-refractivity contribution < 1.29 is 95.8 Å². The number of ether oxygens (including phenoxy) is 4. The van der Waals surface area contributed by atoms with E-state index < -0.39 is 71.1 Å². The van der Waals surface area contributed by atoms with Gasteiger partial charge in [-0.25, -0.2) is 19.2 Å². The Morgan fingerprint density at radius 3 is 0.671 bits per heavy atom. The SMILES string of the molecule is O=C(CCCCCOCCC(CCOCCCCCC(=O)ON1C(=O)CCC1=O)(CCOCCCCCC(=O)ON1C(=O)CCC1=O)CCOCCCCCC(=O)ON1C(=O)CCC1=O)ON1C(=O)CCC1=O. The van der Waals surface area contributed by atoms with E-state index in [1.165, 1.54) is 0 Å². The monoisotopic (exact) mass is 1040 g/mol. The van der Waals surface area contributed by atoms with Crippen LogP contribution in [0.5, 0.6) is 0 Å². The van der Waals surface area contributed by atoms with E-state index in [-0.39, 0.29) is 82.5 Å². The summed E-state index contributed by atoms with van der Waals surface area (Å²) in [5.41, 5.74) is -0.356. The third kappa shape index (κ3) is 22.5. The van der Waals surface area contributed by atoms with Crippen molar-refractivity contribution in [1.29, 1.82) is 0 Å². The highest BCUT2D eigenvalue weighted by atomic mass is 16.7. The molecule has 4 saturated heterocycles. The number of nitrogens with zero attached hydrogens (tertiary/aromatic N) is 4. The van der Waals surface area contributed by atoms with Crippen LogP contribution in [0.2, 0.25) is 0 Å². The average Bonchev–Trinajstić information content (AvgIpc) is 4.07. The molecule has 0 unspecified atom stereocenters. The van der Waals surface area contributed by atoms with E-state index in [4.69, 9.17) is 38.3 Å². The first-order chi connectivity index (χ1) is 35.2. The molecule has 24 nitrogen and oxygen atoms in total. The van der Waals surface area contributed by atoms with Crippen molar-refractivity contribution in [3.8, 4) is 0 Å². The average molecular weight is 1040 g/mol. The minimum Gasteiger partial charge on any atom is -0.381 e. The Morgan fingerprint density at radius 1 is 0.288 bits per heavy atom. The van der Waals surface area contributed by atoms with Crippen molar-refractivity contribution in [2.75, 3.05) is 52.9 Å². The predicted molar refractivity (Wildman–Crippen MR) is 247 cm³/mol. The van der Waals surface area contributed by atoms with Crippen molar-refractivity contribution in [2.24, 2.45) is 5.41 Å². The third-order valence-corrected chi connectivity index (χ3v) is 12.6. The lowest BCUT2D eigenvalue weighted by atomic mass is 9.76. The zero-order valence-electron chi connectivity index (χ0n) is 41.9. The molecule has 0 atom stereocenters. The second-order valence-corrected chi connectivity index (χ2v) is 18.4. The van der Waals surface area contributed by atoms with Crippen LogP contribution in [-0.2, 0) is 95.8 Å². The summed E-state index contributed by atoms with van der Waals surface area (Å²) in [6.07, 6.45) is 9.98. The normalized spacial score (nSPS) is 16.2. The largest absolute Gasteiger partial charge is 0.381 e. The molecule has 8 amide bonds. The maximum atomic E-state index is 12.2. The summed E-state index contributed by atoms with van der Waals surface area (Å²) in [5.74, 6) is -6.86. The number of amides is 8. The van der Waals surface area contributed by atoms with E-state index in [9.17, 15) is 57.5 Å². The molecule has 4 aliphatic heterocycles. The molecule has 4 aliphatic rings. The van der Waals surface area contributed by atoms with Crippen LogP contribution < -0.4 is 0 Å². The summed E-state index contributed by atoms with van der Waals surface area (Å²) in [7, 11) is 0. The lowest BCUT2D eigenvalue weighted by Crippen LogP contribution is -2.31. The number of carbonyl (C=O) groups is 12. The molecular weight excluding hydrogens is 965 g/mol. The molecule has 0 N–H and O–H groups in total. The summed E-state index contributed by atoms with van der Waals surface area (Å²) in [5, 5.41) is 2.15. The second-order valence-electron chi connectivity index (χ2n) is 18.4. The highest BCUT2D eigenvalue weighted by molar-refractivity contribution is 6.03. The van der Waals surface area contributed by atoms with E-state index in [1.54, 1.807) is 0 Å². The van der Waals surface area contributed by atoms with Crippen LogP contribution in [0.25, 0.3) is 0 Å². The first-order valence-electron chi connectivity index (χ1n) is 25.8. The van der Waals surface area contributed by atoms with Crippen molar-refractivity contribution in [3.63, 3.8) is 0 Å². The van der Waals surface area contributed by atoms with Crippen LogP contribution in [-0.4, -0.2) is 144 Å². The number of hydrogen-bond donors (Lipinski definition) is 0. The zero-order valence-corrected chi connectivity index (χ0v) is 41.9. The third-order valence-electron chi connectivity index (χ3n) is 12.6. The lowest BCUT2D eigenvalue weighted by Gasteiger charge is -2.34. The molecule has 73 heavy (non-hydrogen) atoms. The molecule has 0 bridgehead atoms. The van der Waals surface area contributed by atoms with Gasteiger partial charge in [-0.1, -0.05) is 25.7 Å². The van der Waals surface area contributed by atoms with E-state index in [2.05, 4.69) is 0 Å². The first kappa shape index (κ1) is 59.8. The quantitative estimate of drug-likeness (QED) is 0.0611. The highest BCUT2D eigenvalue weighted by Gasteiger charge is 2.36. The fraction of sp³-hybridized carbons (Fsp3) is 0.755. The molecular formula is C49H72N4O20. The predicted octanol–water partition coefficient (Wildman–Crippen LogP) is 4.27. The number of hydrogen-bond acceptors (Lipinski definition) is 20. The molecule has 0 radical (unpaired) electrons. The van der Waals surface area contributed by atoms with Crippen LogP contribution >= 0.6 is 0 Å². The highest BCUT2D eigenvalue weighted by Crippen LogP contribution is 2.36. The molecule has 0 aromatic carbocycles. The molecule has 4 fully saturated rings. The van der Waals surface area contributed by atoms with Gasteiger partial charge in [-0.2, -0.15) is 0 Å². The second kappa shape index (κ2) is 33.2. The van der Waals surface area contributed by atoms with Gasteiger partial charge >= 0.3 is 23.9 Å². The van der Waals surface area contributed by atoms with E-state index in [1.807, 2.05) is 0 Å². The molecule has 4 rings (SSSR count). The Morgan fingerprint density at radius 2 is 0.479 bits per heavy atom. The van der Waals surface area contributed by atoms with Crippen LogP contribution in [0.3, 0.4) is 0 Å². The summed E-state index contributed by atoms with van der Waals surface area (Å²) < 4.78 is 24.4. The van der Waals surface area contributed by atoms with E-state index >= 15 is 0 Å². The Labute approximate surface area is 424 Å². The van der Waals surface area contributed by atoms with Crippen molar-refractivity contribution in [1.82, 2.24) is 20.3 Å². The van der Waals surface area contributed by atoms with Gasteiger partial charge in [-0.05, 0) is 82.5 Å². The molecule has 408 valence electrons. The Bertz CT molecular complexity index is 1590. The summed E-state index contributed by atoms with van der Waals surface area (Å²) >= 11 is 0. The molecule has 0 aliphatic carbocycles. The van der Waals surface area contributed by atoms with Gasteiger partial charge in [0.2, 0.25) is 0 Å². The number of imide groups is 4. The van der Waals surface area contributed by atoms with Gasteiger partial charge in [0.15, 0.2) is 0 Å². The molecule has 24 heteroatoms. The van der Waals surface area contributed by atoms with Crippen LogP contribution in [0.1, 0.15) is 180 Å². The fourth-order valence-electron chi connectivity index (χ4n) is 8.14. The Kier molecular flexibility index (Phi) is 27.2. The van der Waals surface area contributed by atoms with Gasteiger partial charge in [-0.3, -0.25) is 38.4 Å². The zero-order chi connectivity index (χ0) is 52.9. The van der Waals surface area contributed by atoms with Gasteiger partial charge in [0.05, 0.1) is 0 Å². The topological polar surface area (TPSA) is 292 Å². The molecule has 0 spiro atoms. The van der Waals surface area contributed by atoms with Gasteiger partial charge in [-0.15, -0.1) is 20.3 Å². The van der Waals surface area contributed by atoms with Gasteiger partial charge < -0.3 is 38.3 Å². The van der Waals surface area contributed by atoms with E-state index in [0.29, 0.717) is 176 Å². The number of unbranched alkanes of at least 4 members (excludes halogenated alkanes) is 8. The molecule has 0 saturated carbocycles. The van der Waals surface area contributed by atoms with Gasteiger partial charge in [0.1, 0.15) is 0 Å². The Balaban J connectivity index is 1.23. The van der Waals surface area contributed by atoms with Crippen LogP contribution in [0, 0.1) is 5.41 Å². The molecule has 0 aromatic rings. The summed E-state index contributed by atoms with van der Waals surface area (Å²) in [6.45, 7) is 3.31. The maximum Gasteiger partial charge on any atom is 0.333 e. The van der Waals surface area contributed by atoms with Gasteiger partial charge in [0, 0.05) is 130 Å². The smallest absolute Gasteiger partial charge is 0.333 e. The summed E-state index contributed by atoms with van der Waals surface area (Å²) in [6, 6.07) is 0. The minimum atomic E-state index is -0.652. The van der Waals surface area contributed by atoms with Crippen molar-refractivity contribution in [3.05, 3.63) is 0 Å². The lowest BCUT2D eigenvalue weighted by molar-refractivity contribution is -0.197.